The average Bonchev–Trinajstić information content (AvgIpc) is 2.46. The molecule has 0 nitrogen and oxygen atoms in total. The Balaban J connectivity index is 2.11. The molecular formula is C19H24. The van der Waals surface area contributed by atoms with Gasteiger partial charge in [-0.05, 0) is 34.9 Å². The van der Waals surface area contributed by atoms with Crippen LogP contribution < -0.4 is 0 Å². The molecule has 0 heterocycles. The quantitative estimate of drug-likeness (QED) is 0.651. The van der Waals surface area contributed by atoms with Crippen molar-refractivity contribution in [2.75, 3.05) is 0 Å². The van der Waals surface area contributed by atoms with Crippen LogP contribution >= 0.6 is 0 Å². The summed E-state index contributed by atoms with van der Waals surface area (Å²) in [6, 6.07) is 19.6. The van der Waals surface area contributed by atoms with Crippen LogP contribution in [0, 0.1) is 11.8 Å². The van der Waals surface area contributed by atoms with E-state index in [-0.39, 0.29) is 0 Å². The summed E-state index contributed by atoms with van der Waals surface area (Å²) in [6.45, 7) is 6.95. The average molecular weight is 252 g/mol. The summed E-state index contributed by atoms with van der Waals surface area (Å²) in [5.74, 6) is 1.56. The lowest BCUT2D eigenvalue weighted by Gasteiger charge is -2.19. The van der Waals surface area contributed by atoms with Crippen molar-refractivity contribution in [3.05, 3.63) is 60.2 Å². The second-order valence-corrected chi connectivity index (χ2v) is 5.68. The minimum atomic E-state index is 0.763. The fourth-order valence-electron chi connectivity index (χ4n) is 2.62. The van der Waals surface area contributed by atoms with Gasteiger partial charge in [-0.3, -0.25) is 0 Å². The molecule has 2 rings (SSSR count). The van der Waals surface area contributed by atoms with Crippen molar-refractivity contribution >= 4 is 0 Å². The molecule has 0 aliphatic heterocycles. The van der Waals surface area contributed by atoms with Crippen LogP contribution in [-0.4, -0.2) is 0 Å². The van der Waals surface area contributed by atoms with Crippen molar-refractivity contribution in [2.24, 2.45) is 11.8 Å². The van der Waals surface area contributed by atoms with Gasteiger partial charge in [0, 0.05) is 0 Å². The first-order valence-electron chi connectivity index (χ1n) is 7.35. The summed E-state index contributed by atoms with van der Waals surface area (Å²) in [4.78, 5) is 0. The monoisotopic (exact) mass is 252 g/mol. The number of hydrogen-bond donors (Lipinski definition) is 0. The Morgan fingerprint density at radius 2 is 1.37 bits per heavy atom. The van der Waals surface area contributed by atoms with E-state index in [1.807, 2.05) is 0 Å². The highest BCUT2D eigenvalue weighted by molar-refractivity contribution is 5.63. The zero-order chi connectivity index (χ0) is 13.7. The van der Waals surface area contributed by atoms with Gasteiger partial charge < -0.3 is 0 Å². The van der Waals surface area contributed by atoms with Gasteiger partial charge in [-0.2, -0.15) is 0 Å². The minimum absolute atomic E-state index is 0.763. The lowest BCUT2D eigenvalue weighted by atomic mass is 9.87. The van der Waals surface area contributed by atoms with Crippen molar-refractivity contribution in [3.8, 4) is 11.1 Å². The summed E-state index contributed by atoms with van der Waals surface area (Å²) < 4.78 is 0. The molecule has 1 atom stereocenters. The largest absolute Gasteiger partial charge is 0.0651 e. The van der Waals surface area contributed by atoms with Gasteiger partial charge in [0.2, 0.25) is 0 Å². The third-order valence-corrected chi connectivity index (χ3v) is 4.03. The van der Waals surface area contributed by atoms with Gasteiger partial charge >= 0.3 is 0 Å². The van der Waals surface area contributed by atoms with E-state index in [4.69, 9.17) is 0 Å². The SMILES string of the molecule is CCC(Cc1ccc(-c2ccccc2)cc1)C(C)C. The van der Waals surface area contributed by atoms with Crippen LogP contribution in [0.1, 0.15) is 32.8 Å². The van der Waals surface area contributed by atoms with Gasteiger partial charge in [0.25, 0.3) is 0 Å². The molecular weight excluding hydrogens is 228 g/mol. The molecule has 0 fully saturated rings. The van der Waals surface area contributed by atoms with Gasteiger partial charge in [-0.1, -0.05) is 81.8 Å². The molecule has 100 valence electrons. The molecule has 2 aromatic carbocycles. The zero-order valence-electron chi connectivity index (χ0n) is 12.3. The number of rotatable bonds is 5. The summed E-state index contributed by atoms with van der Waals surface area (Å²) in [7, 11) is 0. The fourth-order valence-corrected chi connectivity index (χ4v) is 2.62. The number of benzene rings is 2. The first-order valence-corrected chi connectivity index (χ1v) is 7.35. The normalized spacial score (nSPS) is 12.6. The van der Waals surface area contributed by atoms with Crippen LogP contribution in [0.3, 0.4) is 0 Å². The Kier molecular flexibility index (Phi) is 4.79. The van der Waals surface area contributed by atoms with E-state index in [0.29, 0.717) is 0 Å². The summed E-state index contributed by atoms with van der Waals surface area (Å²) >= 11 is 0. The molecule has 0 amide bonds. The molecule has 1 unspecified atom stereocenters. The van der Waals surface area contributed by atoms with Gasteiger partial charge in [-0.15, -0.1) is 0 Å². The molecule has 19 heavy (non-hydrogen) atoms. The maximum atomic E-state index is 2.33. The fraction of sp³-hybridized carbons (Fsp3) is 0.368. The van der Waals surface area contributed by atoms with Gasteiger partial charge in [-0.25, -0.2) is 0 Å². The lowest BCUT2D eigenvalue weighted by molar-refractivity contribution is 0.371. The van der Waals surface area contributed by atoms with Crippen LogP contribution in [-0.2, 0) is 6.42 Å². The number of hydrogen-bond acceptors (Lipinski definition) is 0. The highest BCUT2D eigenvalue weighted by atomic mass is 14.2. The molecule has 0 aromatic heterocycles. The second kappa shape index (κ2) is 6.56. The zero-order valence-corrected chi connectivity index (χ0v) is 12.3. The highest BCUT2D eigenvalue weighted by Crippen LogP contribution is 2.23. The first-order chi connectivity index (χ1) is 9.20. The smallest absolute Gasteiger partial charge is 0.0184 e. The van der Waals surface area contributed by atoms with Crippen molar-refractivity contribution < 1.29 is 0 Å². The predicted octanol–water partition coefficient (Wildman–Crippen LogP) is 5.58. The van der Waals surface area contributed by atoms with Gasteiger partial charge in [0.1, 0.15) is 0 Å². The van der Waals surface area contributed by atoms with Crippen molar-refractivity contribution in [3.63, 3.8) is 0 Å². The van der Waals surface area contributed by atoms with Crippen LogP contribution in [0.4, 0.5) is 0 Å². The molecule has 0 N–H and O–H groups in total. The van der Waals surface area contributed by atoms with Crippen molar-refractivity contribution in [1.82, 2.24) is 0 Å². The van der Waals surface area contributed by atoms with E-state index in [2.05, 4.69) is 75.4 Å². The van der Waals surface area contributed by atoms with Gasteiger partial charge in [0.05, 0.1) is 0 Å². The second-order valence-electron chi connectivity index (χ2n) is 5.68. The van der Waals surface area contributed by atoms with Crippen LogP contribution in [0.5, 0.6) is 0 Å². The minimum Gasteiger partial charge on any atom is -0.0651 e. The molecule has 0 aliphatic rings. The van der Waals surface area contributed by atoms with E-state index in [9.17, 15) is 0 Å². The summed E-state index contributed by atoms with van der Waals surface area (Å²) in [5.41, 5.74) is 4.06. The van der Waals surface area contributed by atoms with Crippen LogP contribution in [0.25, 0.3) is 11.1 Å². The Morgan fingerprint density at radius 1 is 0.789 bits per heavy atom. The maximum Gasteiger partial charge on any atom is -0.0184 e. The standard InChI is InChI=1S/C19H24/c1-4-17(15(2)3)14-16-10-12-19(13-11-16)18-8-6-5-7-9-18/h5-13,15,17H,4,14H2,1-3H3. The van der Waals surface area contributed by atoms with Crippen molar-refractivity contribution in [2.45, 2.75) is 33.6 Å². The summed E-state index contributed by atoms with van der Waals surface area (Å²) in [6.07, 6.45) is 2.46. The Bertz CT molecular complexity index is 479. The molecule has 0 saturated heterocycles. The molecule has 0 aliphatic carbocycles. The molecule has 0 bridgehead atoms. The van der Waals surface area contributed by atoms with Crippen molar-refractivity contribution in [1.29, 1.82) is 0 Å². The van der Waals surface area contributed by atoms with E-state index < -0.39 is 0 Å². The Hall–Kier alpha value is -1.56. The molecule has 0 saturated carbocycles. The van der Waals surface area contributed by atoms with Crippen LogP contribution in [0.15, 0.2) is 54.6 Å². The maximum absolute atomic E-state index is 2.33. The van der Waals surface area contributed by atoms with E-state index in [0.717, 1.165) is 11.8 Å². The molecule has 2 aromatic rings. The third-order valence-electron chi connectivity index (χ3n) is 4.03. The molecule has 0 radical (unpaired) electrons. The lowest BCUT2D eigenvalue weighted by Crippen LogP contribution is -2.10. The predicted molar refractivity (Wildman–Crippen MR) is 84.2 cm³/mol. The Labute approximate surface area is 117 Å². The Morgan fingerprint density at radius 3 is 1.89 bits per heavy atom. The molecule has 0 heteroatoms. The molecule has 0 spiro atoms. The van der Waals surface area contributed by atoms with E-state index >= 15 is 0 Å². The van der Waals surface area contributed by atoms with Crippen LogP contribution in [0.2, 0.25) is 0 Å². The third kappa shape index (κ3) is 3.70. The first kappa shape index (κ1) is 13.9. The highest BCUT2D eigenvalue weighted by Gasteiger charge is 2.11. The topological polar surface area (TPSA) is 0 Å². The summed E-state index contributed by atoms with van der Waals surface area (Å²) in [5, 5.41) is 0. The van der Waals surface area contributed by atoms with E-state index in [1.165, 1.54) is 29.5 Å². The van der Waals surface area contributed by atoms with E-state index in [1.54, 1.807) is 0 Å². The van der Waals surface area contributed by atoms with Gasteiger partial charge in [0.15, 0.2) is 0 Å².